The molecule has 0 unspecified atom stereocenters. The van der Waals surface area contributed by atoms with Crippen molar-refractivity contribution in [3.8, 4) is 0 Å². The van der Waals surface area contributed by atoms with Crippen LogP contribution in [0.5, 0.6) is 0 Å². The minimum absolute atomic E-state index is 0.0435. The molecule has 36 heavy (non-hydrogen) atoms. The third-order valence-corrected chi connectivity index (χ3v) is 6.44. The van der Waals surface area contributed by atoms with Gasteiger partial charge in [-0.1, -0.05) is 38.1 Å². The van der Waals surface area contributed by atoms with Crippen LogP contribution in [0.15, 0.2) is 42.5 Å². The van der Waals surface area contributed by atoms with Gasteiger partial charge in [-0.15, -0.1) is 0 Å². The maximum atomic E-state index is 14.1. The number of aryl methyl sites for hydroxylation is 1. The number of ether oxygens (including phenoxy) is 1. The second-order valence-electron chi connectivity index (χ2n) is 9.79. The van der Waals surface area contributed by atoms with Crippen LogP contribution in [-0.4, -0.2) is 73.0 Å². The zero-order valence-electron chi connectivity index (χ0n) is 21.0. The van der Waals surface area contributed by atoms with Gasteiger partial charge in [-0.3, -0.25) is 14.5 Å². The van der Waals surface area contributed by atoms with Crippen molar-refractivity contribution in [2.24, 2.45) is 5.92 Å². The molecule has 8 nitrogen and oxygen atoms in total. The van der Waals surface area contributed by atoms with Gasteiger partial charge >= 0.3 is 6.03 Å². The smallest absolute Gasteiger partial charge is 0.322 e. The van der Waals surface area contributed by atoms with Crippen molar-refractivity contribution in [3.05, 3.63) is 65.0 Å². The Kier molecular flexibility index (Phi) is 7.88. The molecule has 2 aromatic carbocycles. The van der Waals surface area contributed by atoms with Crippen LogP contribution >= 0.6 is 0 Å². The van der Waals surface area contributed by atoms with E-state index in [0.29, 0.717) is 43.0 Å². The zero-order valence-corrected chi connectivity index (χ0v) is 21.0. The van der Waals surface area contributed by atoms with Gasteiger partial charge in [0, 0.05) is 49.5 Å². The number of nitrogens with zero attached hydrogens (tertiary/aromatic N) is 3. The zero-order chi connectivity index (χ0) is 25.8. The maximum Gasteiger partial charge on any atom is 0.322 e. The van der Waals surface area contributed by atoms with Crippen LogP contribution in [0.25, 0.3) is 0 Å². The van der Waals surface area contributed by atoms with E-state index in [2.05, 4.69) is 5.32 Å². The van der Waals surface area contributed by atoms with Crippen LogP contribution < -0.4 is 10.2 Å². The lowest BCUT2D eigenvalue weighted by Gasteiger charge is -2.26. The SMILES string of the molecule is Cc1ccc(C(=O)N2CC(=O)N(CC(C)C)C[C@@H](OCc3ccccc3F)C2)cc1N1CCNC1=O. The molecule has 4 amide bonds. The third-order valence-electron chi connectivity index (χ3n) is 6.44. The highest BCUT2D eigenvalue weighted by atomic mass is 19.1. The summed E-state index contributed by atoms with van der Waals surface area (Å²) in [5.74, 6) is -0.572. The standard InChI is InChI=1S/C27H33FN4O4/c1-18(2)13-30-14-22(36-17-21-6-4-5-7-23(21)28)15-31(16-25(30)33)26(34)20-9-8-19(3)24(12-20)32-11-10-29-27(32)35/h4-9,12,18,22H,10-11,13-17H2,1-3H3,(H,29,35)/t22-/m1/s1. The average Bonchev–Trinajstić information content (AvgIpc) is 3.20. The molecule has 2 aromatic rings. The van der Waals surface area contributed by atoms with Crippen LogP contribution in [0.1, 0.15) is 35.3 Å². The van der Waals surface area contributed by atoms with E-state index in [1.54, 1.807) is 40.1 Å². The molecule has 9 heteroatoms. The van der Waals surface area contributed by atoms with E-state index in [9.17, 15) is 18.8 Å². The molecule has 2 fully saturated rings. The summed E-state index contributed by atoms with van der Waals surface area (Å²) in [6.07, 6.45) is -0.479. The number of nitrogens with one attached hydrogen (secondary N) is 1. The second kappa shape index (κ2) is 11.1. The highest BCUT2D eigenvalue weighted by molar-refractivity contribution is 6.00. The molecule has 1 atom stereocenters. The highest BCUT2D eigenvalue weighted by Gasteiger charge is 2.32. The van der Waals surface area contributed by atoms with Crippen LogP contribution in [-0.2, 0) is 16.1 Å². The molecule has 2 saturated heterocycles. The van der Waals surface area contributed by atoms with Gasteiger partial charge in [0.05, 0.1) is 12.7 Å². The molecule has 0 aliphatic carbocycles. The van der Waals surface area contributed by atoms with E-state index in [-0.39, 0.29) is 49.3 Å². The minimum Gasteiger partial charge on any atom is -0.370 e. The molecule has 0 bridgehead atoms. The second-order valence-corrected chi connectivity index (χ2v) is 9.79. The first kappa shape index (κ1) is 25.6. The number of hydrogen-bond acceptors (Lipinski definition) is 4. The molecular formula is C27H33FN4O4. The number of halogens is 1. The number of urea groups is 1. The van der Waals surface area contributed by atoms with Crippen LogP contribution in [0, 0.1) is 18.7 Å². The summed E-state index contributed by atoms with van der Waals surface area (Å²) < 4.78 is 20.2. The van der Waals surface area contributed by atoms with Crippen molar-refractivity contribution in [1.82, 2.24) is 15.1 Å². The van der Waals surface area contributed by atoms with Crippen LogP contribution in [0.4, 0.5) is 14.9 Å². The molecule has 4 rings (SSSR count). The summed E-state index contributed by atoms with van der Waals surface area (Å²) in [7, 11) is 0. The van der Waals surface area contributed by atoms with E-state index in [4.69, 9.17) is 4.74 Å². The van der Waals surface area contributed by atoms with Gasteiger partial charge in [-0.25, -0.2) is 9.18 Å². The largest absolute Gasteiger partial charge is 0.370 e. The lowest BCUT2D eigenvalue weighted by Crippen LogP contribution is -2.40. The molecule has 0 aromatic heterocycles. The van der Waals surface area contributed by atoms with Crippen molar-refractivity contribution in [3.63, 3.8) is 0 Å². The Balaban J connectivity index is 1.56. The average molecular weight is 497 g/mol. The number of benzene rings is 2. The van der Waals surface area contributed by atoms with Gasteiger partial charge < -0.3 is 19.9 Å². The summed E-state index contributed by atoms with van der Waals surface area (Å²) in [5, 5.41) is 2.78. The fourth-order valence-electron chi connectivity index (χ4n) is 4.60. The molecule has 192 valence electrons. The van der Waals surface area contributed by atoms with Gasteiger partial charge in [0.25, 0.3) is 5.91 Å². The number of amides is 4. The van der Waals surface area contributed by atoms with Crippen LogP contribution in [0.2, 0.25) is 0 Å². The van der Waals surface area contributed by atoms with E-state index >= 15 is 0 Å². The monoisotopic (exact) mass is 496 g/mol. The Morgan fingerprint density at radius 1 is 1.17 bits per heavy atom. The highest BCUT2D eigenvalue weighted by Crippen LogP contribution is 2.25. The molecule has 1 N–H and O–H groups in total. The topological polar surface area (TPSA) is 82.2 Å². The van der Waals surface area contributed by atoms with Gasteiger partial charge in [-0.2, -0.15) is 0 Å². The molecule has 0 spiro atoms. The molecule has 2 aliphatic rings. The fraction of sp³-hybridized carbons (Fsp3) is 0.444. The van der Waals surface area contributed by atoms with E-state index in [1.165, 1.54) is 11.0 Å². The summed E-state index contributed by atoms with van der Waals surface area (Å²) >= 11 is 0. The normalized spacial score (nSPS) is 18.6. The predicted octanol–water partition coefficient (Wildman–Crippen LogP) is 3.19. The van der Waals surface area contributed by atoms with Crippen molar-refractivity contribution in [2.75, 3.05) is 44.2 Å². The molecule has 2 aliphatic heterocycles. The number of hydrogen-bond donors (Lipinski definition) is 1. The fourth-order valence-corrected chi connectivity index (χ4v) is 4.60. The molecule has 2 heterocycles. The van der Waals surface area contributed by atoms with Crippen molar-refractivity contribution >= 4 is 23.5 Å². The van der Waals surface area contributed by atoms with Gasteiger partial charge in [-0.05, 0) is 36.6 Å². The van der Waals surface area contributed by atoms with E-state index < -0.39 is 6.10 Å². The number of carbonyl (C=O) groups excluding carboxylic acids is 3. The first-order valence-electron chi connectivity index (χ1n) is 12.3. The lowest BCUT2D eigenvalue weighted by molar-refractivity contribution is -0.132. The van der Waals surface area contributed by atoms with Crippen molar-refractivity contribution < 1.29 is 23.5 Å². The van der Waals surface area contributed by atoms with Gasteiger partial charge in [0.1, 0.15) is 12.4 Å². The lowest BCUT2D eigenvalue weighted by atomic mass is 10.1. The Hall–Kier alpha value is -3.46. The van der Waals surface area contributed by atoms with Gasteiger partial charge in [0.2, 0.25) is 5.91 Å². The third kappa shape index (κ3) is 5.84. The summed E-state index contributed by atoms with van der Waals surface area (Å²) in [6.45, 7) is 8.04. The Labute approximate surface area is 211 Å². The van der Waals surface area contributed by atoms with Crippen molar-refractivity contribution in [2.45, 2.75) is 33.5 Å². The van der Waals surface area contributed by atoms with E-state index in [1.807, 2.05) is 26.8 Å². The minimum atomic E-state index is -0.479. The number of anilines is 1. The quantitative estimate of drug-likeness (QED) is 0.638. The summed E-state index contributed by atoms with van der Waals surface area (Å²) in [4.78, 5) is 43.7. The predicted molar refractivity (Wildman–Crippen MR) is 134 cm³/mol. The summed E-state index contributed by atoms with van der Waals surface area (Å²) in [5.41, 5.74) is 2.37. The molecule has 0 radical (unpaired) electrons. The number of carbonyl (C=O) groups is 3. The van der Waals surface area contributed by atoms with Gasteiger partial charge in [0.15, 0.2) is 0 Å². The molecule has 0 saturated carbocycles. The van der Waals surface area contributed by atoms with E-state index in [0.717, 1.165) is 5.56 Å². The first-order valence-corrected chi connectivity index (χ1v) is 12.3. The Morgan fingerprint density at radius 2 is 1.94 bits per heavy atom. The Morgan fingerprint density at radius 3 is 2.64 bits per heavy atom. The maximum absolute atomic E-state index is 14.1. The van der Waals surface area contributed by atoms with Crippen LogP contribution in [0.3, 0.4) is 0 Å². The summed E-state index contributed by atoms with van der Waals surface area (Å²) in [6, 6.07) is 11.4. The number of rotatable bonds is 7. The first-order chi connectivity index (χ1) is 17.2. The van der Waals surface area contributed by atoms with Crippen molar-refractivity contribution in [1.29, 1.82) is 0 Å². The Bertz CT molecular complexity index is 1140. The molecular weight excluding hydrogens is 463 g/mol.